The normalized spacial score (nSPS) is 35.4. The minimum atomic E-state index is 0.223. The highest BCUT2D eigenvalue weighted by atomic mass is 15.4. The lowest BCUT2D eigenvalue weighted by Crippen LogP contribution is -2.56. The molecule has 2 aliphatic heterocycles. The average Bonchev–Trinajstić information content (AvgIpc) is 2.92. The van der Waals surface area contributed by atoms with Crippen molar-refractivity contribution in [3.8, 4) is 0 Å². The Labute approximate surface area is 97.5 Å². The van der Waals surface area contributed by atoms with Crippen LogP contribution in [0, 0.1) is 0 Å². The first kappa shape index (κ1) is 10.4. The van der Waals surface area contributed by atoms with Gasteiger partial charge in [0.05, 0.1) is 12.1 Å². The van der Waals surface area contributed by atoms with Gasteiger partial charge in [-0.15, -0.1) is 0 Å². The lowest BCUT2D eigenvalue weighted by Gasteiger charge is -2.39. The summed E-state index contributed by atoms with van der Waals surface area (Å²) in [4.78, 5) is 9.48. The molecule has 1 saturated carbocycles. The molecule has 1 aliphatic carbocycles. The third-order valence-electron chi connectivity index (χ3n) is 4.23. The number of aliphatic imine (C=N–C) groups is 1. The van der Waals surface area contributed by atoms with E-state index in [0.717, 1.165) is 18.5 Å². The van der Waals surface area contributed by atoms with E-state index in [4.69, 9.17) is 5.73 Å². The van der Waals surface area contributed by atoms with Crippen LogP contribution in [0.2, 0.25) is 0 Å². The van der Waals surface area contributed by atoms with E-state index in [1.165, 1.54) is 32.4 Å². The average molecular weight is 222 g/mol. The van der Waals surface area contributed by atoms with Gasteiger partial charge in [-0.25, -0.2) is 0 Å². The summed E-state index contributed by atoms with van der Waals surface area (Å²) in [5, 5.41) is 0. The standard InChI is InChI=1S/C12H22N4/c1-9(2)16-11(13)14-7-12(16)5-6-15(8-12)10-3-4-10/h9-10H,3-8H2,1-2H3,(H2,13,14). The quantitative estimate of drug-likeness (QED) is 0.745. The minimum Gasteiger partial charge on any atom is -0.370 e. The molecule has 3 rings (SSSR count). The number of rotatable bonds is 2. The summed E-state index contributed by atoms with van der Waals surface area (Å²) >= 11 is 0. The van der Waals surface area contributed by atoms with Gasteiger partial charge >= 0.3 is 0 Å². The highest BCUT2D eigenvalue weighted by Crippen LogP contribution is 2.38. The zero-order valence-electron chi connectivity index (χ0n) is 10.3. The number of guanidine groups is 1. The molecule has 2 N–H and O–H groups in total. The maximum atomic E-state index is 6.03. The van der Waals surface area contributed by atoms with Crippen LogP contribution in [0.15, 0.2) is 4.99 Å². The van der Waals surface area contributed by atoms with E-state index in [0.29, 0.717) is 6.04 Å². The summed E-state index contributed by atoms with van der Waals surface area (Å²) in [6, 6.07) is 1.33. The summed E-state index contributed by atoms with van der Waals surface area (Å²) in [6.07, 6.45) is 4.02. The van der Waals surface area contributed by atoms with Crippen molar-refractivity contribution in [3.05, 3.63) is 0 Å². The molecule has 1 atom stereocenters. The second-order valence-corrected chi connectivity index (χ2v) is 5.81. The van der Waals surface area contributed by atoms with E-state index >= 15 is 0 Å². The summed E-state index contributed by atoms with van der Waals surface area (Å²) in [5.41, 5.74) is 6.25. The van der Waals surface area contributed by atoms with Crippen molar-refractivity contribution < 1.29 is 0 Å². The number of nitrogens with zero attached hydrogens (tertiary/aromatic N) is 3. The van der Waals surface area contributed by atoms with E-state index in [-0.39, 0.29) is 5.54 Å². The van der Waals surface area contributed by atoms with Crippen LogP contribution in [-0.2, 0) is 0 Å². The monoisotopic (exact) mass is 222 g/mol. The fourth-order valence-electron chi connectivity index (χ4n) is 3.40. The van der Waals surface area contributed by atoms with Gasteiger partial charge in [0, 0.05) is 25.2 Å². The van der Waals surface area contributed by atoms with Gasteiger partial charge in [0.25, 0.3) is 0 Å². The zero-order valence-corrected chi connectivity index (χ0v) is 10.3. The van der Waals surface area contributed by atoms with Crippen LogP contribution in [0.25, 0.3) is 0 Å². The number of hydrogen-bond donors (Lipinski definition) is 1. The van der Waals surface area contributed by atoms with E-state index in [1.54, 1.807) is 0 Å². The maximum Gasteiger partial charge on any atom is 0.192 e. The summed E-state index contributed by atoms with van der Waals surface area (Å²) in [5.74, 6) is 0.757. The van der Waals surface area contributed by atoms with Gasteiger partial charge < -0.3 is 10.6 Å². The highest BCUT2D eigenvalue weighted by molar-refractivity contribution is 5.81. The molecule has 3 aliphatic rings. The second kappa shape index (κ2) is 3.36. The smallest absolute Gasteiger partial charge is 0.192 e. The molecule has 16 heavy (non-hydrogen) atoms. The van der Waals surface area contributed by atoms with Crippen molar-refractivity contribution in [1.82, 2.24) is 9.80 Å². The van der Waals surface area contributed by atoms with Gasteiger partial charge in [-0.05, 0) is 33.1 Å². The lowest BCUT2D eigenvalue weighted by atomic mass is 9.96. The van der Waals surface area contributed by atoms with Crippen LogP contribution < -0.4 is 5.73 Å². The molecular weight excluding hydrogens is 200 g/mol. The molecule has 1 saturated heterocycles. The molecule has 2 fully saturated rings. The SMILES string of the molecule is CC(C)N1C(N)=NCC12CCN(C1CC1)C2. The number of likely N-dealkylation sites (tertiary alicyclic amines) is 1. The first-order valence-corrected chi connectivity index (χ1v) is 6.46. The van der Waals surface area contributed by atoms with Gasteiger partial charge in [-0.2, -0.15) is 0 Å². The molecule has 1 unspecified atom stereocenters. The Morgan fingerprint density at radius 1 is 1.44 bits per heavy atom. The third kappa shape index (κ3) is 1.43. The van der Waals surface area contributed by atoms with Crippen molar-refractivity contribution in [2.45, 2.75) is 50.7 Å². The van der Waals surface area contributed by atoms with E-state index in [2.05, 4.69) is 28.6 Å². The van der Waals surface area contributed by atoms with E-state index in [1.807, 2.05) is 0 Å². The molecule has 0 aromatic heterocycles. The minimum absolute atomic E-state index is 0.223. The molecule has 2 heterocycles. The van der Waals surface area contributed by atoms with Crippen LogP contribution in [0.1, 0.15) is 33.1 Å². The Bertz CT molecular complexity index is 321. The fraction of sp³-hybridized carbons (Fsp3) is 0.917. The van der Waals surface area contributed by atoms with Gasteiger partial charge in [-0.1, -0.05) is 0 Å². The molecule has 0 radical (unpaired) electrons. The molecule has 0 aromatic rings. The maximum absolute atomic E-state index is 6.03. The fourth-order valence-corrected chi connectivity index (χ4v) is 3.40. The molecule has 0 bridgehead atoms. The van der Waals surface area contributed by atoms with Crippen LogP contribution >= 0.6 is 0 Å². The summed E-state index contributed by atoms with van der Waals surface area (Å²) in [7, 11) is 0. The number of hydrogen-bond acceptors (Lipinski definition) is 4. The Morgan fingerprint density at radius 3 is 2.81 bits per heavy atom. The van der Waals surface area contributed by atoms with Crippen LogP contribution in [0.5, 0.6) is 0 Å². The lowest BCUT2D eigenvalue weighted by molar-refractivity contribution is 0.162. The van der Waals surface area contributed by atoms with Gasteiger partial charge in [0.1, 0.15) is 0 Å². The van der Waals surface area contributed by atoms with Crippen LogP contribution in [0.3, 0.4) is 0 Å². The summed E-state index contributed by atoms with van der Waals surface area (Å²) in [6.45, 7) is 7.74. The molecule has 4 heteroatoms. The number of nitrogens with two attached hydrogens (primary N) is 1. The highest BCUT2D eigenvalue weighted by Gasteiger charge is 2.50. The van der Waals surface area contributed by atoms with Crippen molar-refractivity contribution in [2.24, 2.45) is 10.7 Å². The third-order valence-corrected chi connectivity index (χ3v) is 4.23. The molecule has 0 amide bonds. The van der Waals surface area contributed by atoms with Gasteiger partial charge in [0.2, 0.25) is 0 Å². The Kier molecular flexibility index (Phi) is 2.18. The van der Waals surface area contributed by atoms with E-state index in [9.17, 15) is 0 Å². The predicted octanol–water partition coefficient (Wildman–Crippen LogP) is 0.632. The molecular formula is C12H22N4. The largest absolute Gasteiger partial charge is 0.370 e. The van der Waals surface area contributed by atoms with Crippen molar-refractivity contribution in [1.29, 1.82) is 0 Å². The molecule has 1 spiro atoms. The Hall–Kier alpha value is -0.770. The van der Waals surface area contributed by atoms with Crippen LogP contribution in [-0.4, -0.2) is 53.0 Å². The molecule has 4 nitrogen and oxygen atoms in total. The van der Waals surface area contributed by atoms with E-state index < -0.39 is 0 Å². The van der Waals surface area contributed by atoms with Gasteiger partial charge in [-0.3, -0.25) is 9.89 Å². The first-order valence-electron chi connectivity index (χ1n) is 6.46. The Morgan fingerprint density at radius 2 is 2.19 bits per heavy atom. The molecule has 0 aromatic carbocycles. The zero-order chi connectivity index (χ0) is 11.3. The topological polar surface area (TPSA) is 44.9 Å². The van der Waals surface area contributed by atoms with Crippen molar-refractivity contribution in [3.63, 3.8) is 0 Å². The first-order chi connectivity index (χ1) is 7.62. The molecule has 90 valence electrons. The Balaban J connectivity index is 1.78. The van der Waals surface area contributed by atoms with Gasteiger partial charge in [0.15, 0.2) is 5.96 Å². The predicted molar refractivity (Wildman–Crippen MR) is 65.4 cm³/mol. The van der Waals surface area contributed by atoms with Crippen LogP contribution in [0.4, 0.5) is 0 Å². The second-order valence-electron chi connectivity index (χ2n) is 5.81. The summed E-state index contributed by atoms with van der Waals surface area (Å²) < 4.78 is 0. The van der Waals surface area contributed by atoms with Crippen molar-refractivity contribution >= 4 is 5.96 Å². The van der Waals surface area contributed by atoms with Crippen molar-refractivity contribution in [2.75, 3.05) is 19.6 Å².